The van der Waals surface area contributed by atoms with Gasteiger partial charge in [-0.3, -0.25) is 9.78 Å². The number of carbonyl (C=O) groups excluding carboxylic acids is 1. The predicted molar refractivity (Wildman–Crippen MR) is 99.2 cm³/mol. The average Bonchev–Trinajstić information content (AvgIpc) is 3.37. The van der Waals surface area contributed by atoms with Crippen molar-refractivity contribution >= 4 is 5.91 Å². The minimum atomic E-state index is 0.329. The summed E-state index contributed by atoms with van der Waals surface area (Å²) in [5, 5.41) is 0. The number of aromatic nitrogens is 1. The highest BCUT2D eigenvalue weighted by Crippen LogP contribution is 2.40. The molecule has 136 valence electrons. The minimum absolute atomic E-state index is 0.329. The molecule has 1 aromatic heterocycles. The van der Waals surface area contributed by atoms with Crippen LogP contribution in [0, 0.1) is 11.3 Å². The Morgan fingerprint density at radius 3 is 2.84 bits per heavy atom. The van der Waals surface area contributed by atoms with Crippen LogP contribution in [-0.2, 0) is 11.2 Å². The van der Waals surface area contributed by atoms with Crippen LogP contribution in [-0.4, -0.2) is 53.4 Å². The van der Waals surface area contributed by atoms with E-state index in [9.17, 15) is 4.79 Å². The molecule has 1 aliphatic carbocycles. The smallest absolute Gasteiger partial charge is 0.222 e. The summed E-state index contributed by atoms with van der Waals surface area (Å²) in [5.74, 6) is 1.27. The minimum Gasteiger partial charge on any atom is -0.342 e. The van der Waals surface area contributed by atoms with Gasteiger partial charge < -0.3 is 9.80 Å². The van der Waals surface area contributed by atoms with Crippen LogP contribution in [0.2, 0.25) is 0 Å². The van der Waals surface area contributed by atoms with Gasteiger partial charge in [0.15, 0.2) is 0 Å². The third-order valence-corrected chi connectivity index (χ3v) is 6.65. The summed E-state index contributed by atoms with van der Waals surface area (Å²) in [7, 11) is 0. The van der Waals surface area contributed by atoms with Crippen LogP contribution in [0.15, 0.2) is 24.5 Å². The van der Waals surface area contributed by atoms with Crippen LogP contribution in [0.25, 0.3) is 0 Å². The van der Waals surface area contributed by atoms with Crippen LogP contribution in [0.4, 0.5) is 0 Å². The maximum absolute atomic E-state index is 12.6. The van der Waals surface area contributed by atoms with E-state index in [1.165, 1.54) is 58.2 Å². The van der Waals surface area contributed by atoms with Crippen LogP contribution in [0.1, 0.15) is 50.5 Å². The van der Waals surface area contributed by atoms with Gasteiger partial charge in [-0.1, -0.05) is 18.9 Å². The van der Waals surface area contributed by atoms with Crippen molar-refractivity contribution in [2.75, 3.05) is 32.7 Å². The molecule has 1 spiro atoms. The second kappa shape index (κ2) is 7.45. The Labute approximate surface area is 151 Å². The van der Waals surface area contributed by atoms with E-state index in [1.807, 2.05) is 12.3 Å². The Kier molecular flexibility index (Phi) is 5.07. The number of nitrogens with zero attached hydrogens (tertiary/aromatic N) is 3. The predicted octanol–water partition coefficient (Wildman–Crippen LogP) is 3.13. The van der Waals surface area contributed by atoms with Gasteiger partial charge in [-0.25, -0.2) is 0 Å². The molecule has 2 aliphatic heterocycles. The Morgan fingerprint density at radius 1 is 1.20 bits per heavy atom. The van der Waals surface area contributed by atoms with Crippen LogP contribution in [0.3, 0.4) is 0 Å². The number of rotatable bonds is 5. The van der Waals surface area contributed by atoms with E-state index in [-0.39, 0.29) is 0 Å². The van der Waals surface area contributed by atoms with E-state index in [0.29, 0.717) is 17.7 Å². The van der Waals surface area contributed by atoms with Gasteiger partial charge in [0.2, 0.25) is 5.91 Å². The monoisotopic (exact) mass is 341 g/mol. The van der Waals surface area contributed by atoms with E-state index in [0.717, 1.165) is 31.0 Å². The molecule has 0 radical (unpaired) electrons. The molecule has 1 unspecified atom stereocenters. The SMILES string of the molecule is O=C(CCc1cccnc1)N1CCC2(CCN(CC3CCCC3)C2)C1. The number of carbonyl (C=O) groups is 1. The molecular formula is C21H31N3O. The number of aryl methyl sites for hydroxylation is 1. The van der Waals surface area contributed by atoms with Gasteiger partial charge in [-0.05, 0) is 56.2 Å². The van der Waals surface area contributed by atoms with E-state index in [2.05, 4.69) is 20.9 Å². The fourth-order valence-electron chi connectivity index (χ4n) is 5.18. The van der Waals surface area contributed by atoms with Crippen LogP contribution < -0.4 is 0 Å². The van der Waals surface area contributed by atoms with Crippen molar-refractivity contribution in [2.45, 2.75) is 51.4 Å². The zero-order valence-electron chi connectivity index (χ0n) is 15.3. The lowest BCUT2D eigenvalue weighted by Crippen LogP contribution is -2.35. The molecule has 25 heavy (non-hydrogen) atoms. The number of amides is 1. The maximum Gasteiger partial charge on any atom is 0.222 e. The molecule has 1 saturated carbocycles. The summed E-state index contributed by atoms with van der Waals surface area (Å²) in [6, 6.07) is 4.01. The molecule has 4 heteroatoms. The van der Waals surface area contributed by atoms with Crippen molar-refractivity contribution in [1.29, 1.82) is 0 Å². The second-order valence-corrected chi connectivity index (χ2v) is 8.56. The van der Waals surface area contributed by atoms with Crippen molar-refractivity contribution < 1.29 is 4.79 Å². The lowest BCUT2D eigenvalue weighted by atomic mass is 9.86. The van der Waals surface area contributed by atoms with Crippen molar-refractivity contribution in [3.8, 4) is 0 Å². The van der Waals surface area contributed by atoms with E-state index < -0.39 is 0 Å². The average molecular weight is 341 g/mol. The number of likely N-dealkylation sites (tertiary alicyclic amines) is 2. The first-order valence-electron chi connectivity index (χ1n) is 10.1. The number of hydrogen-bond donors (Lipinski definition) is 0. The van der Waals surface area contributed by atoms with Gasteiger partial charge >= 0.3 is 0 Å². The van der Waals surface area contributed by atoms with Crippen molar-refractivity contribution in [3.05, 3.63) is 30.1 Å². The maximum atomic E-state index is 12.6. The highest BCUT2D eigenvalue weighted by atomic mass is 16.2. The number of pyridine rings is 1. The summed E-state index contributed by atoms with van der Waals surface area (Å²) in [6.07, 6.45) is 13.3. The van der Waals surface area contributed by atoms with Crippen LogP contribution >= 0.6 is 0 Å². The summed E-state index contributed by atoms with van der Waals surface area (Å²) in [6.45, 7) is 5.71. The third kappa shape index (κ3) is 4.05. The highest BCUT2D eigenvalue weighted by Gasteiger charge is 2.44. The summed E-state index contributed by atoms with van der Waals surface area (Å²) < 4.78 is 0. The van der Waals surface area contributed by atoms with Gasteiger partial charge in [0.25, 0.3) is 0 Å². The summed E-state index contributed by atoms with van der Waals surface area (Å²) in [4.78, 5) is 21.6. The van der Waals surface area contributed by atoms with E-state index >= 15 is 0 Å². The van der Waals surface area contributed by atoms with Crippen molar-refractivity contribution in [1.82, 2.24) is 14.8 Å². The fraction of sp³-hybridized carbons (Fsp3) is 0.714. The van der Waals surface area contributed by atoms with E-state index in [1.54, 1.807) is 6.20 Å². The highest BCUT2D eigenvalue weighted by molar-refractivity contribution is 5.76. The molecule has 3 aliphatic rings. The molecule has 0 bridgehead atoms. The molecule has 1 aromatic rings. The first-order chi connectivity index (χ1) is 12.2. The molecule has 4 rings (SSSR count). The first-order valence-corrected chi connectivity index (χ1v) is 10.1. The summed E-state index contributed by atoms with van der Waals surface area (Å²) in [5.41, 5.74) is 1.55. The van der Waals surface area contributed by atoms with Crippen LogP contribution in [0.5, 0.6) is 0 Å². The van der Waals surface area contributed by atoms with Gasteiger partial charge in [0, 0.05) is 50.4 Å². The van der Waals surface area contributed by atoms with Gasteiger partial charge in [-0.2, -0.15) is 0 Å². The van der Waals surface area contributed by atoms with Gasteiger partial charge in [0.05, 0.1) is 0 Å². The lowest BCUT2D eigenvalue weighted by molar-refractivity contribution is -0.130. The normalized spacial score (nSPS) is 27.6. The molecule has 1 amide bonds. The standard InChI is InChI=1S/C21H31N3O/c25-20(8-7-18-6-3-11-22-14-18)24-13-10-21(17-24)9-12-23(16-21)15-19-4-1-2-5-19/h3,6,11,14,19H,1-2,4-5,7-10,12-13,15-17H2. The molecule has 0 aromatic carbocycles. The zero-order chi connectivity index (χ0) is 17.1. The third-order valence-electron chi connectivity index (χ3n) is 6.65. The Morgan fingerprint density at radius 2 is 2.04 bits per heavy atom. The van der Waals surface area contributed by atoms with Crippen molar-refractivity contribution in [3.63, 3.8) is 0 Å². The lowest BCUT2D eigenvalue weighted by Gasteiger charge is -2.26. The fourth-order valence-corrected chi connectivity index (χ4v) is 5.18. The molecule has 3 fully saturated rings. The molecule has 3 heterocycles. The van der Waals surface area contributed by atoms with Gasteiger partial charge in [0.1, 0.15) is 0 Å². The quantitative estimate of drug-likeness (QED) is 0.825. The van der Waals surface area contributed by atoms with E-state index in [4.69, 9.17) is 0 Å². The second-order valence-electron chi connectivity index (χ2n) is 8.56. The first kappa shape index (κ1) is 17.0. The number of hydrogen-bond acceptors (Lipinski definition) is 3. The Balaban J connectivity index is 1.25. The summed E-state index contributed by atoms with van der Waals surface area (Å²) >= 11 is 0. The zero-order valence-corrected chi connectivity index (χ0v) is 15.3. The molecule has 0 N–H and O–H groups in total. The Hall–Kier alpha value is -1.42. The molecule has 4 nitrogen and oxygen atoms in total. The van der Waals surface area contributed by atoms with Crippen molar-refractivity contribution in [2.24, 2.45) is 11.3 Å². The molecule has 1 atom stereocenters. The van der Waals surface area contributed by atoms with Gasteiger partial charge in [-0.15, -0.1) is 0 Å². The Bertz CT molecular complexity index is 584. The molecular weight excluding hydrogens is 310 g/mol. The largest absolute Gasteiger partial charge is 0.342 e. The molecule has 2 saturated heterocycles. The topological polar surface area (TPSA) is 36.4 Å².